The van der Waals surface area contributed by atoms with Crippen molar-refractivity contribution in [2.75, 3.05) is 46.3 Å². The van der Waals surface area contributed by atoms with Crippen molar-refractivity contribution in [3.05, 3.63) is 60.7 Å². The molecular weight excluding hydrogens is 775 g/mol. The monoisotopic (exact) mass is 862 g/mol. The first kappa shape index (κ1) is 52.1. The highest BCUT2D eigenvalue weighted by Crippen LogP contribution is 2.37. The Morgan fingerprint density at radius 1 is 0.500 bits per heavy atom. The zero-order valence-electron chi connectivity index (χ0n) is 37.1. The highest BCUT2D eigenvalue weighted by atomic mass is 32.2. The third-order valence-corrected chi connectivity index (χ3v) is 21.1. The van der Waals surface area contributed by atoms with Gasteiger partial charge in [0.2, 0.25) is 0 Å². The van der Waals surface area contributed by atoms with Gasteiger partial charge in [-0.05, 0) is 96.3 Å². The van der Waals surface area contributed by atoms with Crippen LogP contribution in [0.25, 0.3) is 0 Å². The van der Waals surface area contributed by atoms with Crippen LogP contribution in [0.1, 0.15) is 176 Å². The molecule has 0 aliphatic rings. The fourth-order valence-corrected chi connectivity index (χ4v) is 16.8. The average molecular weight is 863 g/mol. The summed E-state index contributed by atoms with van der Waals surface area (Å²) in [6.07, 6.45) is 30.1. The molecule has 0 bridgehead atoms. The normalized spacial score (nSPS) is 12.2. The minimum absolute atomic E-state index is 0.0381. The summed E-state index contributed by atoms with van der Waals surface area (Å²) in [5.41, 5.74) is 0. The topological polar surface area (TPSA) is 21.3 Å². The molecule has 0 saturated carbocycles. The summed E-state index contributed by atoms with van der Waals surface area (Å²) >= 11 is 8.62. The maximum absolute atomic E-state index is 7.19. The highest BCUT2D eigenvalue weighted by Gasteiger charge is 2.49. The summed E-state index contributed by atoms with van der Waals surface area (Å²) < 4.78 is 7.19. The lowest BCUT2D eigenvalue weighted by atomic mass is 10.00. The van der Waals surface area contributed by atoms with Crippen LogP contribution < -0.4 is 15.7 Å². The Morgan fingerprint density at radius 2 is 0.893 bits per heavy atom. The van der Waals surface area contributed by atoms with Crippen LogP contribution in [0.15, 0.2) is 60.7 Å². The molecule has 0 unspecified atom stereocenters. The first-order valence-electron chi connectivity index (χ1n) is 23.2. The van der Waals surface area contributed by atoms with Crippen molar-refractivity contribution in [1.82, 2.24) is 5.32 Å². The molecule has 2 nitrogen and oxygen atoms in total. The van der Waals surface area contributed by atoms with E-state index in [-0.39, 0.29) is 5.04 Å². The molecule has 2 rings (SSSR count). The zero-order chi connectivity index (χ0) is 40.3. The Kier molecular flexibility index (Phi) is 33.2. The van der Waals surface area contributed by atoms with E-state index in [1.165, 1.54) is 178 Å². The smallest absolute Gasteiger partial charge is 0.261 e. The van der Waals surface area contributed by atoms with E-state index in [9.17, 15) is 0 Å². The van der Waals surface area contributed by atoms with E-state index in [1.807, 2.05) is 0 Å². The lowest BCUT2D eigenvalue weighted by Gasteiger charge is -2.43. The molecular formula is C49H87NOS4Si. The molecule has 0 aliphatic heterocycles. The SMILES string of the molecule is CCCCCSCSCCCCCCCCC(CCCCCCCCSCSCCCCC)NCCCCO[Si](c1ccccc1)(c1ccccc1)C(C)(C)C. The van der Waals surface area contributed by atoms with E-state index in [0.29, 0.717) is 6.04 Å². The van der Waals surface area contributed by atoms with Gasteiger partial charge in [-0.1, -0.05) is 185 Å². The summed E-state index contributed by atoms with van der Waals surface area (Å²) in [4.78, 5) is 0. The summed E-state index contributed by atoms with van der Waals surface area (Å²) in [7, 11) is -2.45. The van der Waals surface area contributed by atoms with Crippen molar-refractivity contribution >= 4 is 65.7 Å². The molecule has 2 aromatic rings. The van der Waals surface area contributed by atoms with E-state index in [2.05, 4.69) is 148 Å². The van der Waals surface area contributed by atoms with E-state index < -0.39 is 8.32 Å². The van der Waals surface area contributed by atoms with Crippen molar-refractivity contribution < 1.29 is 4.43 Å². The fraction of sp³-hybridized carbons (Fsp3) is 0.755. The Morgan fingerprint density at radius 3 is 1.30 bits per heavy atom. The molecule has 7 heteroatoms. The number of nitrogens with one attached hydrogen (secondary N) is 1. The van der Waals surface area contributed by atoms with Crippen molar-refractivity contribution in [3.63, 3.8) is 0 Å². The molecule has 56 heavy (non-hydrogen) atoms. The Balaban J connectivity index is 1.72. The number of hydrogen-bond donors (Lipinski definition) is 1. The average Bonchev–Trinajstić information content (AvgIpc) is 3.20. The third-order valence-electron chi connectivity index (χ3n) is 11.0. The number of benzene rings is 2. The molecule has 0 atom stereocenters. The maximum Gasteiger partial charge on any atom is 0.261 e. The fourth-order valence-electron chi connectivity index (χ4n) is 7.73. The highest BCUT2D eigenvalue weighted by molar-refractivity contribution is 8.16. The number of hydrogen-bond acceptors (Lipinski definition) is 6. The Hall–Kier alpha value is -0.0231. The van der Waals surface area contributed by atoms with Crippen molar-refractivity contribution in [1.29, 1.82) is 0 Å². The number of unbranched alkanes of at least 4 members (excludes halogenated alkanes) is 15. The standard InChI is InChI=1S/C49H87NOS4Si/c1-6-8-28-40-52-44-54-42-30-16-12-10-14-20-32-46(33-21-15-11-13-17-31-43-55-45-53-41-29-9-7-2)50-38-26-27-39-51-56(49(3,4)5,47-34-22-18-23-35-47)48-36-24-19-25-37-48/h18-19,22-25,34-37,46,50H,6-17,20-21,26-33,38-45H2,1-5H3. The van der Waals surface area contributed by atoms with Gasteiger partial charge in [-0.2, -0.15) is 47.0 Å². The largest absolute Gasteiger partial charge is 0.407 e. The van der Waals surface area contributed by atoms with Gasteiger partial charge in [0.25, 0.3) is 8.32 Å². The van der Waals surface area contributed by atoms with E-state index in [0.717, 1.165) is 19.6 Å². The van der Waals surface area contributed by atoms with Crippen LogP contribution in [0.5, 0.6) is 0 Å². The molecule has 0 aromatic heterocycles. The van der Waals surface area contributed by atoms with Gasteiger partial charge >= 0.3 is 0 Å². The molecule has 0 radical (unpaired) electrons. The summed E-state index contributed by atoms with van der Waals surface area (Å²) in [6, 6.07) is 22.9. The second-order valence-corrected chi connectivity index (χ2v) is 26.4. The van der Waals surface area contributed by atoms with E-state index in [4.69, 9.17) is 4.43 Å². The maximum atomic E-state index is 7.19. The zero-order valence-corrected chi connectivity index (χ0v) is 41.4. The molecule has 0 heterocycles. The van der Waals surface area contributed by atoms with Gasteiger partial charge in [-0.25, -0.2) is 0 Å². The molecule has 0 fully saturated rings. The van der Waals surface area contributed by atoms with Gasteiger partial charge in [-0.3, -0.25) is 0 Å². The van der Waals surface area contributed by atoms with Gasteiger partial charge in [0, 0.05) is 22.8 Å². The van der Waals surface area contributed by atoms with Gasteiger partial charge in [0.15, 0.2) is 0 Å². The molecule has 2 aromatic carbocycles. The second kappa shape index (κ2) is 35.7. The van der Waals surface area contributed by atoms with Crippen LogP contribution in [-0.2, 0) is 4.43 Å². The predicted octanol–water partition coefficient (Wildman–Crippen LogP) is 15.0. The molecule has 0 aliphatic carbocycles. The minimum Gasteiger partial charge on any atom is -0.407 e. The molecule has 0 spiro atoms. The second-order valence-electron chi connectivity index (χ2n) is 17.0. The van der Waals surface area contributed by atoms with E-state index >= 15 is 0 Å². The van der Waals surface area contributed by atoms with Gasteiger partial charge in [-0.15, -0.1) is 0 Å². The van der Waals surface area contributed by atoms with Crippen LogP contribution in [0, 0.1) is 0 Å². The van der Waals surface area contributed by atoms with Crippen molar-refractivity contribution in [3.8, 4) is 0 Å². The van der Waals surface area contributed by atoms with Crippen LogP contribution >= 0.6 is 47.0 Å². The van der Waals surface area contributed by atoms with Gasteiger partial charge in [0.05, 0.1) is 0 Å². The summed E-state index contributed by atoms with van der Waals surface area (Å²) in [6.45, 7) is 13.7. The van der Waals surface area contributed by atoms with Crippen LogP contribution in [0.3, 0.4) is 0 Å². The lowest BCUT2D eigenvalue weighted by molar-refractivity contribution is 0.285. The van der Waals surface area contributed by atoms with Crippen molar-refractivity contribution in [2.45, 2.75) is 187 Å². The number of rotatable bonds is 39. The first-order valence-corrected chi connectivity index (χ1v) is 29.8. The van der Waals surface area contributed by atoms with Crippen LogP contribution in [0.2, 0.25) is 5.04 Å². The van der Waals surface area contributed by atoms with Gasteiger partial charge in [0.1, 0.15) is 0 Å². The number of thioether (sulfide) groups is 4. The Bertz CT molecular complexity index is 1050. The minimum atomic E-state index is -2.45. The summed E-state index contributed by atoms with van der Waals surface area (Å²) in [5, 5.41) is 9.45. The van der Waals surface area contributed by atoms with Crippen LogP contribution in [0.4, 0.5) is 0 Å². The molecule has 0 saturated heterocycles. The Labute approximate surface area is 367 Å². The first-order chi connectivity index (χ1) is 27.5. The third kappa shape index (κ3) is 24.3. The predicted molar refractivity (Wildman–Crippen MR) is 268 cm³/mol. The lowest BCUT2D eigenvalue weighted by Crippen LogP contribution is -2.66. The van der Waals surface area contributed by atoms with Gasteiger partial charge < -0.3 is 9.74 Å². The van der Waals surface area contributed by atoms with Crippen LogP contribution in [-0.4, -0.2) is 60.7 Å². The quantitative estimate of drug-likeness (QED) is 0.0408. The molecule has 0 amide bonds. The summed E-state index contributed by atoms with van der Waals surface area (Å²) in [5.74, 6) is 5.42. The molecule has 322 valence electrons. The van der Waals surface area contributed by atoms with E-state index in [1.54, 1.807) is 0 Å². The molecule has 1 N–H and O–H groups in total. The van der Waals surface area contributed by atoms with Crippen molar-refractivity contribution in [2.24, 2.45) is 0 Å².